The van der Waals surface area contributed by atoms with E-state index < -0.39 is 11.0 Å². The topological polar surface area (TPSA) is 102 Å². The van der Waals surface area contributed by atoms with Crippen LogP contribution in [0.1, 0.15) is 6.92 Å². The fourth-order valence-electron chi connectivity index (χ4n) is 1.73. The third-order valence-corrected chi connectivity index (χ3v) is 2.73. The van der Waals surface area contributed by atoms with E-state index in [2.05, 4.69) is 10.3 Å². The summed E-state index contributed by atoms with van der Waals surface area (Å²) < 4.78 is 5.39. The first-order valence-corrected chi connectivity index (χ1v) is 5.91. The number of fused-ring (bicyclic) bond motifs is 1. The average molecular weight is 278 g/mol. The smallest absolute Gasteiger partial charge is 0.296 e. The Labute approximate surface area is 114 Å². The van der Waals surface area contributed by atoms with Gasteiger partial charge in [0.2, 0.25) is 5.91 Å². The van der Waals surface area contributed by atoms with Crippen molar-refractivity contribution in [2.24, 2.45) is 0 Å². The minimum Gasteiger partial charge on any atom is -0.424 e. The van der Waals surface area contributed by atoms with Crippen LogP contribution >= 0.6 is 0 Å². The third-order valence-electron chi connectivity index (χ3n) is 2.73. The van der Waals surface area contributed by atoms with Crippen molar-refractivity contribution in [3.05, 3.63) is 28.3 Å². The molecule has 1 aromatic carbocycles. The van der Waals surface area contributed by atoms with E-state index in [0.717, 1.165) is 0 Å². The molecule has 8 nitrogen and oxygen atoms in total. The molecular formula is C12H14N4O4. The number of nitro groups is 1. The first-order chi connectivity index (χ1) is 9.38. The number of carbonyl (C=O) groups excluding carboxylic acids is 1. The van der Waals surface area contributed by atoms with Crippen LogP contribution < -0.4 is 5.32 Å². The summed E-state index contributed by atoms with van der Waals surface area (Å²) in [5.74, 6) is -0.127. The largest absolute Gasteiger partial charge is 0.424 e. The molecule has 0 saturated carbocycles. The van der Waals surface area contributed by atoms with Gasteiger partial charge in [-0.1, -0.05) is 0 Å². The minimum absolute atomic E-state index is 0.0604. The summed E-state index contributed by atoms with van der Waals surface area (Å²) in [6.45, 7) is 1.68. The van der Waals surface area contributed by atoms with Crippen LogP contribution in [0.25, 0.3) is 11.1 Å². The second kappa shape index (κ2) is 5.16. The van der Waals surface area contributed by atoms with Crippen molar-refractivity contribution in [3.8, 4) is 0 Å². The Morgan fingerprint density at radius 2 is 2.20 bits per heavy atom. The van der Waals surface area contributed by atoms with E-state index in [1.165, 1.54) is 23.1 Å². The molecule has 8 heteroatoms. The highest BCUT2D eigenvalue weighted by Gasteiger charge is 2.18. The molecule has 106 valence electrons. The molecular weight excluding hydrogens is 264 g/mol. The molecule has 0 bridgehead atoms. The number of rotatable bonds is 4. The molecule has 0 fully saturated rings. The molecule has 0 aliphatic carbocycles. The number of hydrogen-bond donors (Lipinski definition) is 1. The van der Waals surface area contributed by atoms with Gasteiger partial charge in [0.15, 0.2) is 5.58 Å². The van der Waals surface area contributed by atoms with Crippen LogP contribution in [0.3, 0.4) is 0 Å². The lowest BCUT2D eigenvalue weighted by atomic mass is 10.3. The van der Waals surface area contributed by atoms with E-state index in [1.54, 1.807) is 21.0 Å². The van der Waals surface area contributed by atoms with Crippen LogP contribution in [0.4, 0.5) is 11.7 Å². The predicted molar refractivity (Wildman–Crippen MR) is 72.4 cm³/mol. The Balaban J connectivity index is 2.24. The summed E-state index contributed by atoms with van der Waals surface area (Å²) in [6, 6.07) is 3.79. The number of oxazole rings is 1. The van der Waals surface area contributed by atoms with Gasteiger partial charge in [-0.3, -0.25) is 14.9 Å². The zero-order valence-electron chi connectivity index (χ0n) is 11.3. The number of likely N-dealkylation sites (N-methyl/N-ethyl adjacent to an activating group) is 1. The van der Waals surface area contributed by atoms with Gasteiger partial charge in [-0.15, -0.1) is 0 Å². The Morgan fingerprint density at radius 1 is 1.50 bits per heavy atom. The molecule has 20 heavy (non-hydrogen) atoms. The quantitative estimate of drug-likeness (QED) is 0.673. The summed E-state index contributed by atoms with van der Waals surface area (Å²) in [6.07, 6.45) is 0. The van der Waals surface area contributed by atoms with Crippen LogP contribution in [0, 0.1) is 10.1 Å². The zero-order chi connectivity index (χ0) is 14.9. The van der Waals surface area contributed by atoms with Gasteiger partial charge in [-0.25, -0.2) is 0 Å². The van der Waals surface area contributed by atoms with Crippen molar-refractivity contribution < 1.29 is 14.1 Å². The first kappa shape index (κ1) is 13.8. The highest BCUT2D eigenvalue weighted by Crippen LogP contribution is 2.23. The summed E-state index contributed by atoms with van der Waals surface area (Å²) in [7, 11) is 3.30. The highest BCUT2D eigenvalue weighted by atomic mass is 16.6. The van der Waals surface area contributed by atoms with E-state index >= 15 is 0 Å². The number of benzene rings is 1. The molecule has 0 radical (unpaired) electrons. The molecule has 0 aliphatic heterocycles. The number of amides is 1. The fourth-order valence-corrected chi connectivity index (χ4v) is 1.73. The molecule has 1 N–H and O–H groups in total. The first-order valence-electron chi connectivity index (χ1n) is 5.91. The van der Waals surface area contributed by atoms with Crippen LogP contribution in [0.2, 0.25) is 0 Å². The third kappa shape index (κ3) is 2.68. The number of anilines is 1. The van der Waals surface area contributed by atoms with Gasteiger partial charge in [-0.05, 0) is 13.0 Å². The standard InChI is InChI=1S/C12H14N4O4/c1-7(11(17)15(2)3)13-12-14-9-6-8(16(18)19)4-5-10(9)20-12/h4-7H,1-3H3,(H,13,14). The van der Waals surface area contributed by atoms with Gasteiger partial charge < -0.3 is 14.6 Å². The molecule has 1 aromatic heterocycles. The predicted octanol–water partition coefficient (Wildman–Crippen LogP) is 1.62. The normalized spacial score (nSPS) is 12.2. The van der Waals surface area contributed by atoms with E-state index in [9.17, 15) is 14.9 Å². The van der Waals surface area contributed by atoms with Crippen LogP contribution in [0.5, 0.6) is 0 Å². The second-order valence-electron chi connectivity index (χ2n) is 4.53. The average Bonchev–Trinajstić information content (AvgIpc) is 2.78. The van der Waals surface area contributed by atoms with Gasteiger partial charge in [-0.2, -0.15) is 4.98 Å². The van der Waals surface area contributed by atoms with E-state index in [1.807, 2.05) is 0 Å². The molecule has 0 aliphatic rings. The van der Waals surface area contributed by atoms with Gasteiger partial charge in [0, 0.05) is 26.2 Å². The van der Waals surface area contributed by atoms with Crippen LogP contribution in [-0.4, -0.2) is 40.9 Å². The molecule has 1 heterocycles. The van der Waals surface area contributed by atoms with Crippen LogP contribution in [-0.2, 0) is 4.79 Å². The number of aromatic nitrogens is 1. The van der Waals surface area contributed by atoms with Gasteiger partial charge in [0.1, 0.15) is 11.6 Å². The fraction of sp³-hybridized carbons (Fsp3) is 0.333. The highest BCUT2D eigenvalue weighted by molar-refractivity contribution is 5.84. The number of nitrogens with one attached hydrogen (secondary N) is 1. The van der Waals surface area contributed by atoms with Gasteiger partial charge in [0.05, 0.1) is 4.92 Å². The molecule has 1 atom stereocenters. The number of carbonyl (C=O) groups is 1. The van der Waals surface area contributed by atoms with Crippen LogP contribution in [0.15, 0.2) is 22.6 Å². The van der Waals surface area contributed by atoms with Gasteiger partial charge >= 0.3 is 0 Å². The molecule has 2 rings (SSSR count). The Morgan fingerprint density at radius 3 is 2.80 bits per heavy atom. The maximum atomic E-state index is 11.7. The maximum absolute atomic E-state index is 11.7. The number of nitro benzene ring substituents is 1. The van der Waals surface area contributed by atoms with E-state index in [4.69, 9.17) is 4.42 Å². The zero-order valence-corrected chi connectivity index (χ0v) is 11.3. The summed E-state index contributed by atoms with van der Waals surface area (Å²) in [5, 5.41) is 13.5. The minimum atomic E-state index is -0.506. The Hall–Kier alpha value is -2.64. The van der Waals surface area contributed by atoms with E-state index in [0.29, 0.717) is 11.1 Å². The van der Waals surface area contributed by atoms with Crippen molar-refractivity contribution >= 4 is 28.7 Å². The lowest BCUT2D eigenvalue weighted by Crippen LogP contribution is -2.36. The molecule has 0 saturated heterocycles. The van der Waals surface area contributed by atoms with Crippen molar-refractivity contribution in [1.29, 1.82) is 0 Å². The van der Waals surface area contributed by atoms with E-state index in [-0.39, 0.29) is 17.6 Å². The summed E-state index contributed by atoms with van der Waals surface area (Å²) in [5.41, 5.74) is 0.726. The molecule has 1 unspecified atom stereocenters. The second-order valence-corrected chi connectivity index (χ2v) is 4.53. The lowest BCUT2D eigenvalue weighted by molar-refractivity contribution is -0.384. The van der Waals surface area contributed by atoms with Crippen molar-refractivity contribution in [3.63, 3.8) is 0 Å². The van der Waals surface area contributed by atoms with Crippen molar-refractivity contribution in [2.45, 2.75) is 13.0 Å². The summed E-state index contributed by atoms with van der Waals surface area (Å²) >= 11 is 0. The van der Waals surface area contributed by atoms with Gasteiger partial charge in [0.25, 0.3) is 11.7 Å². The molecule has 1 amide bonds. The van der Waals surface area contributed by atoms with Crippen molar-refractivity contribution in [2.75, 3.05) is 19.4 Å². The Bertz CT molecular complexity index is 665. The molecule has 2 aromatic rings. The van der Waals surface area contributed by atoms with Crippen molar-refractivity contribution in [1.82, 2.24) is 9.88 Å². The monoisotopic (exact) mass is 278 g/mol. The number of non-ortho nitro benzene ring substituents is 1. The number of nitrogens with zero attached hydrogens (tertiary/aromatic N) is 3. The summed E-state index contributed by atoms with van der Waals surface area (Å²) in [4.78, 5) is 27.4. The lowest BCUT2D eigenvalue weighted by Gasteiger charge is -2.16. The maximum Gasteiger partial charge on any atom is 0.296 e. The Kier molecular flexibility index (Phi) is 3.55. The molecule has 0 spiro atoms. The SMILES string of the molecule is CC(Nc1nc2cc([N+](=O)[O-])ccc2o1)C(=O)N(C)C. The number of hydrogen-bond acceptors (Lipinski definition) is 6.